The fraction of sp³-hybridized carbons (Fsp3) is 0.533. The molecule has 2 fully saturated rings. The van der Waals surface area contributed by atoms with E-state index in [-0.39, 0.29) is 0 Å². The van der Waals surface area contributed by atoms with Gasteiger partial charge < -0.3 is 4.90 Å². The molecule has 0 aliphatic carbocycles. The molecule has 0 bridgehead atoms. The van der Waals surface area contributed by atoms with Crippen molar-refractivity contribution < 1.29 is 4.79 Å². The summed E-state index contributed by atoms with van der Waals surface area (Å²) in [5.41, 5.74) is 1.34. The zero-order valence-electron chi connectivity index (χ0n) is 10.7. The summed E-state index contributed by atoms with van der Waals surface area (Å²) in [6, 6.07) is 11.0. The van der Waals surface area contributed by atoms with Crippen molar-refractivity contribution in [2.45, 2.75) is 31.8 Å². The van der Waals surface area contributed by atoms with E-state index in [1.807, 2.05) is 6.07 Å². The van der Waals surface area contributed by atoms with Gasteiger partial charge >= 0.3 is 0 Å². The Hall–Kier alpha value is -1.35. The Labute approximate surface area is 108 Å². The molecule has 0 saturated carbocycles. The SMILES string of the molecule is O=C1CCN(Cc2ccccc2)CC2CCCN12. The maximum Gasteiger partial charge on any atom is 0.224 e. The number of benzene rings is 1. The zero-order valence-corrected chi connectivity index (χ0v) is 10.7. The van der Waals surface area contributed by atoms with Gasteiger partial charge in [-0.25, -0.2) is 0 Å². The average Bonchev–Trinajstić information content (AvgIpc) is 2.80. The van der Waals surface area contributed by atoms with E-state index in [2.05, 4.69) is 34.1 Å². The summed E-state index contributed by atoms with van der Waals surface area (Å²) < 4.78 is 0. The number of hydrogen-bond acceptors (Lipinski definition) is 2. The van der Waals surface area contributed by atoms with Gasteiger partial charge in [0.05, 0.1) is 0 Å². The Kier molecular flexibility index (Phi) is 3.33. The van der Waals surface area contributed by atoms with Crippen molar-refractivity contribution in [3.8, 4) is 0 Å². The monoisotopic (exact) mass is 244 g/mol. The molecule has 3 heteroatoms. The van der Waals surface area contributed by atoms with E-state index in [0.717, 1.165) is 26.2 Å². The Morgan fingerprint density at radius 1 is 1.17 bits per heavy atom. The third kappa shape index (κ3) is 2.41. The topological polar surface area (TPSA) is 23.6 Å². The van der Waals surface area contributed by atoms with Crippen LogP contribution < -0.4 is 0 Å². The quantitative estimate of drug-likeness (QED) is 0.793. The zero-order chi connectivity index (χ0) is 12.4. The van der Waals surface area contributed by atoms with Crippen LogP contribution in [0.15, 0.2) is 30.3 Å². The van der Waals surface area contributed by atoms with Gasteiger partial charge in [0.15, 0.2) is 0 Å². The minimum Gasteiger partial charge on any atom is -0.338 e. The molecule has 18 heavy (non-hydrogen) atoms. The average molecular weight is 244 g/mol. The molecule has 96 valence electrons. The first-order valence-corrected chi connectivity index (χ1v) is 6.89. The van der Waals surface area contributed by atoms with E-state index in [1.54, 1.807) is 0 Å². The van der Waals surface area contributed by atoms with Gasteiger partial charge in [0, 0.05) is 38.6 Å². The summed E-state index contributed by atoms with van der Waals surface area (Å²) in [7, 11) is 0. The third-order valence-electron chi connectivity index (χ3n) is 4.06. The lowest BCUT2D eigenvalue weighted by molar-refractivity contribution is -0.130. The van der Waals surface area contributed by atoms with Gasteiger partial charge in [-0.1, -0.05) is 30.3 Å². The van der Waals surface area contributed by atoms with E-state index in [4.69, 9.17) is 0 Å². The van der Waals surface area contributed by atoms with Crippen LogP contribution in [0.4, 0.5) is 0 Å². The van der Waals surface area contributed by atoms with Crippen molar-refractivity contribution >= 4 is 5.91 Å². The van der Waals surface area contributed by atoms with Crippen molar-refractivity contribution in [1.29, 1.82) is 0 Å². The largest absolute Gasteiger partial charge is 0.338 e. The highest BCUT2D eigenvalue weighted by Crippen LogP contribution is 2.23. The molecule has 1 aromatic rings. The lowest BCUT2D eigenvalue weighted by atomic mass is 10.2. The highest BCUT2D eigenvalue weighted by Gasteiger charge is 2.32. The van der Waals surface area contributed by atoms with Gasteiger partial charge in [-0.2, -0.15) is 0 Å². The summed E-state index contributed by atoms with van der Waals surface area (Å²) in [5.74, 6) is 0.355. The highest BCUT2D eigenvalue weighted by atomic mass is 16.2. The van der Waals surface area contributed by atoms with Gasteiger partial charge in [-0.3, -0.25) is 9.69 Å². The number of carbonyl (C=O) groups is 1. The van der Waals surface area contributed by atoms with Gasteiger partial charge in [0.1, 0.15) is 0 Å². The molecule has 0 radical (unpaired) electrons. The molecule has 1 atom stereocenters. The number of amides is 1. The first-order chi connectivity index (χ1) is 8.83. The van der Waals surface area contributed by atoms with Crippen molar-refractivity contribution in [2.75, 3.05) is 19.6 Å². The molecular formula is C15H20N2O. The first kappa shape index (κ1) is 11.7. The first-order valence-electron chi connectivity index (χ1n) is 6.89. The fourth-order valence-corrected chi connectivity index (χ4v) is 3.13. The Bertz CT molecular complexity index is 418. The Morgan fingerprint density at radius 2 is 2.00 bits per heavy atom. The second-order valence-electron chi connectivity index (χ2n) is 5.35. The predicted molar refractivity (Wildman–Crippen MR) is 71.1 cm³/mol. The third-order valence-corrected chi connectivity index (χ3v) is 4.06. The summed E-state index contributed by atoms with van der Waals surface area (Å²) in [6.45, 7) is 3.89. The molecular weight excluding hydrogens is 224 g/mol. The molecule has 0 spiro atoms. The van der Waals surface area contributed by atoms with Crippen LogP contribution in [0, 0.1) is 0 Å². The minimum atomic E-state index is 0.355. The van der Waals surface area contributed by atoms with Crippen molar-refractivity contribution in [3.63, 3.8) is 0 Å². The van der Waals surface area contributed by atoms with Gasteiger partial charge in [-0.05, 0) is 18.4 Å². The maximum absolute atomic E-state index is 12.0. The van der Waals surface area contributed by atoms with E-state index in [1.165, 1.54) is 18.4 Å². The van der Waals surface area contributed by atoms with Crippen LogP contribution in [0.25, 0.3) is 0 Å². The smallest absolute Gasteiger partial charge is 0.224 e. The standard InChI is InChI=1S/C15H20N2O/c18-15-8-10-16(11-13-5-2-1-3-6-13)12-14-7-4-9-17(14)15/h1-3,5-6,14H,4,7-12H2. The minimum absolute atomic E-state index is 0.355. The van der Waals surface area contributed by atoms with Crippen molar-refractivity contribution in [2.24, 2.45) is 0 Å². The lowest BCUT2D eigenvalue weighted by Crippen LogP contribution is -2.38. The van der Waals surface area contributed by atoms with E-state index >= 15 is 0 Å². The van der Waals surface area contributed by atoms with E-state index in [9.17, 15) is 4.79 Å². The van der Waals surface area contributed by atoms with Crippen molar-refractivity contribution in [1.82, 2.24) is 9.80 Å². The van der Waals surface area contributed by atoms with E-state index < -0.39 is 0 Å². The van der Waals surface area contributed by atoms with Crippen LogP contribution in [0.2, 0.25) is 0 Å². The second kappa shape index (κ2) is 5.11. The van der Waals surface area contributed by atoms with Crippen LogP contribution in [0.1, 0.15) is 24.8 Å². The Balaban J connectivity index is 1.68. The molecule has 3 rings (SSSR count). The maximum atomic E-state index is 12.0. The number of rotatable bonds is 2. The molecule has 2 saturated heterocycles. The van der Waals surface area contributed by atoms with Crippen LogP contribution in [-0.4, -0.2) is 41.4 Å². The summed E-state index contributed by atoms with van der Waals surface area (Å²) >= 11 is 0. The molecule has 1 amide bonds. The van der Waals surface area contributed by atoms with Gasteiger partial charge in [-0.15, -0.1) is 0 Å². The normalized spacial score (nSPS) is 25.0. The number of carbonyl (C=O) groups excluding carboxylic acids is 1. The number of fused-ring (bicyclic) bond motifs is 1. The van der Waals surface area contributed by atoms with E-state index in [0.29, 0.717) is 18.4 Å². The summed E-state index contributed by atoms with van der Waals surface area (Å²) in [4.78, 5) is 16.5. The number of nitrogens with zero attached hydrogens (tertiary/aromatic N) is 2. The molecule has 2 aliphatic rings. The summed E-state index contributed by atoms with van der Waals surface area (Å²) in [5, 5.41) is 0. The molecule has 1 unspecified atom stereocenters. The van der Waals surface area contributed by atoms with Crippen LogP contribution >= 0.6 is 0 Å². The summed E-state index contributed by atoms with van der Waals surface area (Å²) in [6.07, 6.45) is 3.04. The second-order valence-corrected chi connectivity index (χ2v) is 5.35. The molecule has 0 N–H and O–H groups in total. The van der Waals surface area contributed by atoms with Crippen LogP contribution in [0.5, 0.6) is 0 Å². The van der Waals surface area contributed by atoms with Gasteiger partial charge in [0.2, 0.25) is 5.91 Å². The molecule has 1 aromatic carbocycles. The van der Waals surface area contributed by atoms with Crippen LogP contribution in [-0.2, 0) is 11.3 Å². The molecule has 2 heterocycles. The highest BCUT2D eigenvalue weighted by molar-refractivity contribution is 5.77. The fourth-order valence-electron chi connectivity index (χ4n) is 3.13. The predicted octanol–water partition coefficient (Wildman–Crippen LogP) is 1.88. The lowest BCUT2D eigenvalue weighted by Gasteiger charge is -2.25. The molecule has 0 aromatic heterocycles. The Morgan fingerprint density at radius 3 is 2.83 bits per heavy atom. The van der Waals surface area contributed by atoms with Crippen molar-refractivity contribution in [3.05, 3.63) is 35.9 Å². The van der Waals surface area contributed by atoms with Crippen LogP contribution in [0.3, 0.4) is 0 Å². The van der Waals surface area contributed by atoms with Gasteiger partial charge in [0.25, 0.3) is 0 Å². The number of hydrogen-bond donors (Lipinski definition) is 0. The molecule has 3 nitrogen and oxygen atoms in total. The molecule has 2 aliphatic heterocycles.